The van der Waals surface area contributed by atoms with Crippen LogP contribution in [0.1, 0.15) is 51.2 Å². The lowest BCUT2D eigenvalue weighted by atomic mass is 10.0. The van der Waals surface area contributed by atoms with Gasteiger partial charge in [-0.25, -0.2) is 4.99 Å². The highest BCUT2D eigenvalue weighted by Crippen LogP contribution is 2.12. The molecule has 1 rings (SSSR count). The number of benzene rings is 1. The summed E-state index contributed by atoms with van der Waals surface area (Å²) in [7, 11) is 0. The predicted molar refractivity (Wildman–Crippen MR) is 105 cm³/mol. The molecule has 1 atom stereocenters. The Hall–Kier alpha value is -1.59. The lowest BCUT2D eigenvalue weighted by molar-refractivity contribution is 0.133. The van der Waals surface area contributed by atoms with Crippen molar-refractivity contribution in [2.45, 2.75) is 53.2 Å². The van der Waals surface area contributed by atoms with Crippen molar-refractivity contribution in [2.24, 2.45) is 10.9 Å². The van der Waals surface area contributed by atoms with Crippen LogP contribution < -0.4 is 10.6 Å². The first kappa shape index (κ1) is 21.5. The summed E-state index contributed by atoms with van der Waals surface area (Å²) in [4.78, 5) is 4.72. The van der Waals surface area contributed by atoms with E-state index in [2.05, 4.69) is 36.6 Å². The molecule has 5 nitrogen and oxygen atoms in total. The zero-order valence-corrected chi connectivity index (χ0v) is 16.1. The molecule has 0 saturated carbocycles. The van der Waals surface area contributed by atoms with Gasteiger partial charge in [0, 0.05) is 26.3 Å². The van der Waals surface area contributed by atoms with Crippen molar-refractivity contribution in [2.75, 3.05) is 26.3 Å². The number of ether oxygens (including phenoxy) is 1. The molecule has 1 unspecified atom stereocenters. The molecule has 0 aliphatic heterocycles. The van der Waals surface area contributed by atoms with Crippen molar-refractivity contribution < 1.29 is 9.84 Å². The molecule has 0 aliphatic carbocycles. The van der Waals surface area contributed by atoms with Crippen LogP contribution in [0.3, 0.4) is 0 Å². The van der Waals surface area contributed by atoms with E-state index >= 15 is 0 Å². The Morgan fingerprint density at radius 1 is 1.12 bits per heavy atom. The van der Waals surface area contributed by atoms with E-state index in [-0.39, 0.29) is 6.61 Å². The van der Waals surface area contributed by atoms with Crippen LogP contribution >= 0.6 is 0 Å². The molecule has 0 amide bonds. The molecule has 0 spiro atoms. The van der Waals surface area contributed by atoms with E-state index in [4.69, 9.17) is 9.73 Å². The molecule has 3 N–H and O–H groups in total. The van der Waals surface area contributed by atoms with Crippen LogP contribution in [0.25, 0.3) is 0 Å². The van der Waals surface area contributed by atoms with Gasteiger partial charge in [0.25, 0.3) is 0 Å². The quantitative estimate of drug-likeness (QED) is 0.401. The topological polar surface area (TPSA) is 65.9 Å². The van der Waals surface area contributed by atoms with Crippen LogP contribution in [0, 0.1) is 5.92 Å². The standard InChI is InChI=1S/C20H35N3O2/c1-4-9-17(12-13-24)14-22-20(21-5-2)23-15-18-10-7-8-11-19(18)16-25-6-3/h7-8,10-11,17,24H,4-6,9,12-16H2,1-3H3,(H2,21,22,23). The Balaban J connectivity index is 2.68. The summed E-state index contributed by atoms with van der Waals surface area (Å²) in [6.07, 6.45) is 3.08. The van der Waals surface area contributed by atoms with Gasteiger partial charge in [0.05, 0.1) is 13.2 Å². The Labute approximate surface area is 152 Å². The van der Waals surface area contributed by atoms with Gasteiger partial charge in [-0.1, -0.05) is 37.6 Å². The average molecular weight is 350 g/mol. The highest BCUT2D eigenvalue weighted by molar-refractivity contribution is 5.79. The van der Waals surface area contributed by atoms with E-state index < -0.39 is 0 Å². The molecule has 0 bridgehead atoms. The van der Waals surface area contributed by atoms with Gasteiger partial charge in [0.1, 0.15) is 0 Å². The Kier molecular flexibility index (Phi) is 11.7. The Bertz CT molecular complexity index is 486. The fourth-order valence-corrected chi connectivity index (χ4v) is 2.75. The third-order valence-corrected chi connectivity index (χ3v) is 4.12. The lowest BCUT2D eigenvalue weighted by Gasteiger charge is -2.18. The third kappa shape index (κ3) is 8.89. The van der Waals surface area contributed by atoms with Gasteiger partial charge in [0.2, 0.25) is 0 Å². The highest BCUT2D eigenvalue weighted by Gasteiger charge is 2.08. The van der Waals surface area contributed by atoms with Crippen molar-refractivity contribution in [3.05, 3.63) is 35.4 Å². The Morgan fingerprint density at radius 2 is 1.88 bits per heavy atom. The number of rotatable bonds is 12. The number of guanidine groups is 1. The number of aliphatic hydroxyl groups is 1. The molecule has 0 heterocycles. The van der Waals surface area contributed by atoms with Crippen molar-refractivity contribution >= 4 is 5.96 Å². The summed E-state index contributed by atoms with van der Waals surface area (Å²) < 4.78 is 5.54. The van der Waals surface area contributed by atoms with Gasteiger partial charge in [-0.05, 0) is 43.7 Å². The maximum absolute atomic E-state index is 9.20. The SMILES string of the molecule is CCCC(CCO)CNC(=NCc1ccccc1COCC)NCC. The van der Waals surface area contributed by atoms with Gasteiger partial charge in [-0.2, -0.15) is 0 Å². The molecule has 142 valence electrons. The fourth-order valence-electron chi connectivity index (χ4n) is 2.75. The maximum atomic E-state index is 9.20. The maximum Gasteiger partial charge on any atom is 0.191 e. The summed E-state index contributed by atoms with van der Waals surface area (Å²) in [5, 5.41) is 15.9. The molecule has 1 aromatic carbocycles. The second-order valence-corrected chi connectivity index (χ2v) is 6.15. The monoisotopic (exact) mass is 349 g/mol. The van der Waals surface area contributed by atoms with Crippen molar-refractivity contribution in [3.63, 3.8) is 0 Å². The molecule has 5 heteroatoms. The van der Waals surface area contributed by atoms with Crippen LogP contribution in [0.5, 0.6) is 0 Å². The number of aliphatic imine (C=N–C) groups is 1. The Morgan fingerprint density at radius 3 is 2.52 bits per heavy atom. The molecule has 0 aliphatic rings. The second kappa shape index (κ2) is 13.7. The minimum Gasteiger partial charge on any atom is -0.396 e. The van der Waals surface area contributed by atoms with Gasteiger partial charge >= 0.3 is 0 Å². The summed E-state index contributed by atoms with van der Waals surface area (Å²) >= 11 is 0. The van der Waals surface area contributed by atoms with E-state index in [0.29, 0.717) is 25.7 Å². The van der Waals surface area contributed by atoms with Gasteiger partial charge in [-0.15, -0.1) is 0 Å². The predicted octanol–water partition coefficient (Wildman–Crippen LogP) is 3.08. The van der Waals surface area contributed by atoms with Crippen molar-refractivity contribution in [1.82, 2.24) is 10.6 Å². The first-order valence-electron chi connectivity index (χ1n) is 9.52. The number of nitrogens with one attached hydrogen (secondary N) is 2. The second-order valence-electron chi connectivity index (χ2n) is 6.15. The fraction of sp³-hybridized carbons (Fsp3) is 0.650. The minimum absolute atomic E-state index is 0.241. The average Bonchev–Trinajstić information content (AvgIpc) is 2.63. The number of aliphatic hydroxyl groups excluding tert-OH is 1. The van der Waals surface area contributed by atoms with Gasteiger partial charge < -0.3 is 20.5 Å². The minimum atomic E-state index is 0.241. The largest absolute Gasteiger partial charge is 0.396 e. The zero-order chi connectivity index (χ0) is 18.3. The van der Waals surface area contributed by atoms with Crippen LogP contribution in [0.15, 0.2) is 29.3 Å². The first-order valence-corrected chi connectivity index (χ1v) is 9.52. The lowest BCUT2D eigenvalue weighted by Crippen LogP contribution is -2.40. The van der Waals surface area contributed by atoms with Crippen LogP contribution in [-0.2, 0) is 17.9 Å². The first-order chi connectivity index (χ1) is 12.2. The number of hydrogen-bond donors (Lipinski definition) is 3. The van der Waals surface area contributed by atoms with Crippen molar-refractivity contribution in [3.8, 4) is 0 Å². The van der Waals surface area contributed by atoms with E-state index in [9.17, 15) is 5.11 Å². The molecule has 0 fully saturated rings. The molecule has 0 radical (unpaired) electrons. The molecular formula is C20H35N3O2. The molecular weight excluding hydrogens is 314 g/mol. The normalized spacial score (nSPS) is 12.9. The molecule has 0 saturated heterocycles. The molecule has 25 heavy (non-hydrogen) atoms. The number of hydrogen-bond acceptors (Lipinski definition) is 3. The molecule has 0 aromatic heterocycles. The summed E-state index contributed by atoms with van der Waals surface area (Å²) in [6, 6.07) is 8.28. The zero-order valence-electron chi connectivity index (χ0n) is 16.1. The third-order valence-electron chi connectivity index (χ3n) is 4.12. The van der Waals surface area contributed by atoms with E-state index in [1.54, 1.807) is 0 Å². The summed E-state index contributed by atoms with van der Waals surface area (Å²) in [5.74, 6) is 1.30. The van der Waals surface area contributed by atoms with E-state index in [1.165, 1.54) is 11.1 Å². The van der Waals surface area contributed by atoms with Gasteiger partial charge in [0.15, 0.2) is 5.96 Å². The van der Waals surface area contributed by atoms with E-state index in [0.717, 1.165) is 38.3 Å². The number of nitrogens with zero attached hydrogens (tertiary/aromatic N) is 1. The smallest absolute Gasteiger partial charge is 0.191 e. The van der Waals surface area contributed by atoms with Crippen LogP contribution in [0.4, 0.5) is 0 Å². The summed E-state index contributed by atoms with van der Waals surface area (Å²) in [5.41, 5.74) is 2.38. The van der Waals surface area contributed by atoms with Crippen LogP contribution in [-0.4, -0.2) is 37.4 Å². The highest BCUT2D eigenvalue weighted by atomic mass is 16.5. The van der Waals surface area contributed by atoms with Gasteiger partial charge in [-0.3, -0.25) is 0 Å². The van der Waals surface area contributed by atoms with E-state index in [1.807, 2.05) is 19.1 Å². The van der Waals surface area contributed by atoms with Crippen molar-refractivity contribution in [1.29, 1.82) is 0 Å². The van der Waals surface area contributed by atoms with Crippen LogP contribution in [0.2, 0.25) is 0 Å². The summed E-state index contributed by atoms with van der Waals surface area (Å²) in [6.45, 7) is 10.1. The molecule has 1 aromatic rings.